The highest BCUT2D eigenvalue weighted by molar-refractivity contribution is 8.87. The molecular weight excluding hydrogens is 3480 g/mol. The van der Waals surface area contributed by atoms with Gasteiger partial charge in [0.1, 0.15) is 0 Å². The fraction of sp³-hybridized carbons (Fsp3) is 0.600. The van der Waals surface area contributed by atoms with E-state index in [-0.39, 0.29) is 18.0 Å². The Morgan fingerprint density at radius 3 is 0.622 bits per heavy atom. The Balaban J connectivity index is 0.00000107. The number of hydrogen-bond donors (Lipinski definition) is 0. The van der Waals surface area contributed by atoms with Gasteiger partial charge in [-0.15, -0.1) is 0 Å². The first-order valence-corrected chi connectivity index (χ1v) is 155. The Kier molecular flexibility index (Phi) is 128. The highest BCUT2D eigenvalue weighted by Gasteiger charge is 2.37. The number of rotatable bonds is 6. The quantitative estimate of drug-likeness (QED) is 0.428. The van der Waals surface area contributed by atoms with Gasteiger partial charge in [0.25, 0.3) is 0 Å². The second-order valence-corrected chi connectivity index (χ2v) is 182. The number of carbonyl (C=O) groups excluding carboxylic acids is 2. The number of piperazine rings is 1. The molecule has 0 N–H and O–H groups in total. The fourth-order valence-corrected chi connectivity index (χ4v) is 257. The van der Waals surface area contributed by atoms with Crippen molar-refractivity contribution in [1.29, 1.82) is 0 Å². The third kappa shape index (κ3) is 95.9. The highest BCUT2D eigenvalue weighted by Crippen LogP contribution is 2.35. The van der Waals surface area contributed by atoms with E-state index in [2.05, 4.69) is 57.3 Å². The van der Waals surface area contributed by atoms with Crippen LogP contribution >= 0.6 is 22.7 Å². The molecular formula is C25H35N3O2S97. The van der Waals surface area contributed by atoms with E-state index in [1.54, 1.807) is 136 Å². The van der Waals surface area contributed by atoms with Crippen molar-refractivity contribution in [3.05, 3.63) is 44.8 Å². The van der Waals surface area contributed by atoms with Gasteiger partial charge in [-0.05, 0) is 69.5 Å². The number of amides is 2. The Bertz CT molecular complexity index is 8600. The first kappa shape index (κ1) is 140. The first-order chi connectivity index (χ1) is 62.8. The lowest BCUT2D eigenvalue weighted by atomic mass is 9.91. The van der Waals surface area contributed by atoms with Gasteiger partial charge in [-0.2, -0.15) is 22.7 Å². The topological polar surface area (TPSA) is 43.9 Å². The molecule has 127 heavy (non-hydrogen) atoms. The maximum Gasteiger partial charge on any atom is 0.223 e. The van der Waals surface area contributed by atoms with E-state index >= 15 is 0 Å². The monoisotopic (exact) mass is 3510 g/mol. The standard InChI is InChI=1S/C25H35N3O2S2.S95/c1-18(2)23-15-27(25(21-6-12-31-16-21)22-7-13-32-17-22)10-11-28(23)24(30)14-20-4-8-26(9-5-20)19(3)29;1-3-5-7-9-11-13-15-17-19-21-23-25-27-29-31-33-35-37-39-41-43-45-47-49-51-53-55-57-59-61-63-65-67-69-71-73-75-77-79-81-83-85-87-89-91-93-95-94-92-90-88-86-84-82-80-78-76-74-72-70-68-66-64-62-60-58-56-54-52-50-48-46-44-42-40-38-36-34-32-30-28-26-24-22-20-18-16-14-12-10-8-6-4-2/h6-7,12-13,16-18,20,23,25H,4-5,8-11,14-15H2,1-3H3;/t23-;/m1./s1. The van der Waals surface area contributed by atoms with Gasteiger partial charge >= 0.3 is 0 Å². The number of piperidine rings is 1. The molecule has 5 nitrogen and oxygen atoms in total. The summed E-state index contributed by atoms with van der Waals surface area (Å²) in [5.74, 6) is 1.25. The summed E-state index contributed by atoms with van der Waals surface area (Å²) in [7, 11) is 168. The molecule has 0 aliphatic carbocycles. The van der Waals surface area contributed by atoms with E-state index in [1.807, 2.05) is 706 Å². The highest BCUT2D eigenvalue weighted by atomic mass is 33.6. The molecule has 2 amide bonds. The number of thiophene rings is 2. The summed E-state index contributed by atoms with van der Waals surface area (Å²) < 4.78 is 0. The summed E-state index contributed by atoms with van der Waals surface area (Å²) >= 11 is 13.2. The van der Waals surface area contributed by atoms with Crippen molar-refractivity contribution in [3.8, 4) is 0 Å². The average molecular weight is 3520 g/mol. The molecule has 2 fully saturated rings. The SMILES string of the molecule is CC(=O)N1CCC(CC(=O)N2CCN(C(c3ccsc3)c3ccsc3)C[C@@H]2C(C)C)CC1.S=S=S=S=S=S=S=S=S=S=S=S=S=S=S=S=S=S=S=S=S=S=S=S=S=S=S=S=S=S=S=S=S=S=S=S=S=S=S=S=S=S=S=S=S=S=S=S=S=S=S=S=S=S=S=S=S=S=S=S=S=S=S=S=S=S=S=S=S=S=S=S=S=S=S=S=S=S=S=S=S=S=S=S=S=S=S=S=S=S=S=S=S=S=S. The largest absolute Gasteiger partial charge is 0.343 e. The molecule has 0 bridgehead atoms. The molecule has 0 radical (unpaired) electrons. The molecule has 2 aliphatic heterocycles. The Morgan fingerprint density at radius 1 is 0.291 bits per heavy atom. The Morgan fingerprint density at radius 2 is 0.472 bits per heavy atom. The summed E-state index contributed by atoms with van der Waals surface area (Å²) in [6, 6.07) is 4.97. The third-order valence-corrected chi connectivity index (χ3v) is 216. The van der Waals surface area contributed by atoms with Crippen LogP contribution in [0.1, 0.15) is 57.2 Å². The molecule has 0 aromatic carbocycles. The number of carbonyl (C=O) groups is 2. The van der Waals surface area contributed by atoms with Crippen molar-refractivity contribution < 1.29 is 9.59 Å². The zero-order valence-electron chi connectivity index (χ0n) is 58.2. The van der Waals surface area contributed by atoms with Gasteiger partial charge in [-0.25, -0.2) is 0 Å². The van der Waals surface area contributed by atoms with Crippen molar-refractivity contribution in [1.82, 2.24) is 14.7 Å². The summed E-state index contributed by atoms with van der Waals surface area (Å²) in [5, 5.41) is 8.84. The molecule has 0 spiro atoms. The minimum Gasteiger partial charge on any atom is -0.343 e. The van der Waals surface area contributed by atoms with Crippen LogP contribution in [-0.4, -0.2) is 65.3 Å². The second kappa shape index (κ2) is 116. The summed E-state index contributed by atoms with van der Waals surface area (Å²) in [6.45, 7) is 10.3. The molecule has 2 saturated heterocycles. The van der Waals surface area contributed by atoms with Gasteiger partial charge in [-0.3, -0.25) is 14.5 Å². The van der Waals surface area contributed by atoms with Crippen LogP contribution < -0.4 is 0 Å². The summed E-state index contributed by atoms with van der Waals surface area (Å²) in [6.07, 6.45) is 2.50. The van der Waals surface area contributed by atoms with Gasteiger partial charge in [0.15, 0.2) is 0 Å². The second-order valence-electron chi connectivity index (χ2n) is 15.9. The number of nitrogens with zero attached hydrogens (tertiary/aromatic N) is 3. The molecule has 4 rings (SSSR count). The Labute approximate surface area is 1020 Å². The van der Waals surface area contributed by atoms with Crippen molar-refractivity contribution >= 4 is 883 Å². The predicted octanol–water partition coefficient (Wildman–Crippen LogP) is 4.49. The van der Waals surface area contributed by atoms with Crippen LogP contribution in [-0.2, 0) is 858 Å². The van der Waals surface area contributed by atoms with E-state index in [0.29, 0.717) is 24.2 Å². The molecule has 2 aromatic heterocycles. The van der Waals surface area contributed by atoms with Gasteiger partial charge in [0.2, 0.25) is 11.8 Å². The van der Waals surface area contributed by atoms with Crippen LogP contribution in [0.4, 0.5) is 0 Å². The lowest BCUT2D eigenvalue weighted by Gasteiger charge is -2.46. The molecule has 102 heteroatoms. The number of hydrogen-bond acceptors (Lipinski definition) is 7. The zero-order valence-corrected chi connectivity index (χ0v) is 137. The molecule has 4 heterocycles. The normalized spacial score (nSPS) is 11.2. The van der Waals surface area contributed by atoms with Crippen LogP contribution in [0.2, 0.25) is 0 Å². The molecule has 2 aliphatic rings. The van der Waals surface area contributed by atoms with Crippen LogP contribution in [0.5, 0.6) is 0 Å². The van der Waals surface area contributed by atoms with Gasteiger partial charge in [0.05, 0.1) is 6.04 Å². The van der Waals surface area contributed by atoms with Crippen LogP contribution in [0.15, 0.2) is 33.7 Å². The van der Waals surface area contributed by atoms with Gasteiger partial charge in [0, 0.05) is 900 Å². The van der Waals surface area contributed by atoms with E-state index in [1.165, 1.54) is 28.9 Å². The van der Waals surface area contributed by atoms with Gasteiger partial charge < -0.3 is 9.80 Å². The molecule has 0 unspecified atom stereocenters. The third-order valence-electron chi connectivity index (χ3n) is 9.70. The van der Waals surface area contributed by atoms with Crippen LogP contribution in [0.25, 0.3) is 0 Å². The van der Waals surface area contributed by atoms with Gasteiger partial charge in [-0.1, -0.05) is 13.8 Å². The maximum absolute atomic E-state index is 13.4. The first-order valence-electron chi connectivity index (χ1n) is 27.4. The van der Waals surface area contributed by atoms with Crippen LogP contribution in [0, 0.1) is 11.8 Å². The molecule has 1 atom stereocenters. The van der Waals surface area contributed by atoms with Crippen molar-refractivity contribution in [2.24, 2.45) is 11.8 Å². The van der Waals surface area contributed by atoms with E-state index in [0.717, 1.165) is 45.6 Å². The molecule has 0 saturated carbocycles. The van der Waals surface area contributed by atoms with Crippen molar-refractivity contribution in [3.63, 3.8) is 0 Å². The fourth-order valence-electron chi connectivity index (χ4n) is 6.27. The molecule has 2 aromatic rings. The maximum atomic E-state index is 13.4. The lowest BCUT2D eigenvalue weighted by molar-refractivity contribution is -0.139. The predicted molar refractivity (Wildman–Crippen MR) is 832 cm³/mol. The lowest BCUT2D eigenvalue weighted by Crippen LogP contribution is -2.58. The summed E-state index contributed by atoms with van der Waals surface area (Å²) in [4.78, 5) is 31.6. The Hall–Kier alpha value is 19.2. The van der Waals surface area contributed by atoms with Crippen molar-refractivity contribution in [2.75, 3.05) is 32.7 Å². The van der Waals surface area contributed by atoms with Crippen LogP contribution in [0.3, 0.4) is 0 Å². The van der Waals surface area contributed by atoms with E-state index < -0.39 is 0 Å². The number of likely N-dealkylation sites (tertiary alicyclic amines) is 1. The zero-order chi connectivity index (χ0) is 90.4. The minimum absolute atomic E-state index is 0.150. The smallest absolute Gasteiger partial charge is 0.223 e. The molecule has 744 valence electrons. The van der Waals surface area contributed by atoms with E-state index in [9.17, 15) is 9.59 Å². The minimum atomic E-state index is 0.150. The van der Waals surface area contributed by atoms with Crippen molar-refractivity contribution in [2.45, 2.75) is 52.1 Å². The van der Waals surface area contributed by atoms with E-state index in [4.69, 9.17) is 22.4 Å². The summed E-state index contributed by atoms with van der Waals surface area (Å²) in [5.41, 5.74) is 2.71. The average Bonchev–Trinajstić information content (AvgIpc) is 1.78.